The molecule has 0 spiro atoms. The molecule has 5 atom stereocenters. The number of halogens is 3. The van der Waals surface area contributed by atoms with Crippen molar-refractivity contribution in [2.75, 3.05) is 44.3 Å². The number of piperazine rings is 1. The molecule has 3 aromatic carbocycles. The first-order valence-electron chi connectivity index (χ1n) is 25.4. The highest BCUT2D eigenvalue weighted by molar-refractivity contribution is 6.03. The molecule has 1 amide bonds. The molecule has 2 bridgehead atoms. The largest absolute Gasteiger partial charge is 0.508 e. The first-order chi connectivity index (χ1) is 36.6. The minimum atomic E-state index is -1.93. The summed E-state index contributed by atoms with van der Waals surface area (Å²) < 4.78 is 66.7. The van der Waals surface area contributed by atoms with Crippen LogP contribution in [-0.4, -0.2) is 120 Å². The van der Waals surface area contributed by atoms with Gasteiger partial charge in [0.05, 0.1) is 57.6 Å². The molecule has 7 aromatic rings. The Morgan fingerprint density at radius 1 is 1.00 bits per heavy atom. The van der Waals surface area contributed by atoms with Crippen molar-refractivity contribution in [2.45, 2.75) is 88.0 Å². The van der Waals surface area contributed by atoms with E-state index in [0.29, 0.717) is 72.8 Å². The van der Waals surface area contributed by atoms with Crippen molar-refractivity contribution in [3.8, 4) is 52.5 Å². The fourth-order valence-corrected chi connectivity index (χ4v) is 12.8. The predicted octanol–water partition coefficient (Wildman–Crippen LogP) is 6.97. The Kier molecular flexibility index (Phi) is 11.0. The monoisotopic (exact) mass is 1030 g/mol. The number of alkyl halides is 1. The van der Waals surface area contributed by atoms with Crippen molar-refractivity contribution in [1.82, 2.24) is 34.3 Å². The maximum atomic E-state index is 17.4. The van der Waals surface area contributed by atoms with Crippen LogP contribution >= 0.6 is 0 Å². The van der Waals surface area contributed by atoms with E-state index in [4.69, 9.17) is 30.6 Å². The quantitative estimate of drug-likeness (QED) is 0.0813. The number of phenols is 1. The van der Waals surface area contributed by atoms with Crippen LogP contribution in [-0.2, 0) is 33.1 Å². The van der Waals surface area contributed by atoms with E-state index in [1.54, 1.807) is 29.7 Å². The third-order valence-electron chi connectivity index (χ3n) is 16.5. The van der Waals surface area contributed by atoms with E-state index < -0.39 is 34.9 Å². The van der Waals surface area contributed by atoms with Gasteiger partial charge in [0.25, 0.3) is 11.5 Å². The molecular weight excluding hydrogens is 982 g/mol. The second-order valence-corrected chi connectivity index (χ2v) is 20.9. The molecule has 10 heterocycles. The van der Waals surface area contributed by atoms with Crippen molar-refractivity contribution in [3.63, 3.8) is 0 Å². The lowest BCUT2D eigenvalue weighted by Gasteiger charge is -2.42. The summed E-state index contributed by atoms with van der Waals surface area (Å²) in [5.41, 5.74) is -0.0689. The highest BCUT2D eigenvalue weighted by Gasteiger charge is 2.50. The third-order valence-corrected chi connectivity index (χ3v) is 16.5. The van der Waals surface area contributed by atoms with Crippen molar-refractivity contribution in [2.24, 2.45) is 0 Å². The van der Waals surface area contributed by atoms with E-state index in [1.807, 2.05) is 21.9 Å². The highest BCUT2D eigenvalue weighted by atomic mass is 19.1. The van der Waals surface area contributed by atoms with Gasteiger partial charge in [0.1, 0.15) is 60.3 Å². The Morgan fingerprint density at radius 2 is 1.82 bits per heavy atom. The zero-order valence-electron chi connectivity index (χ0n) is 41.2. The van der Waals surface area contributed by atoms with Gasteiger partial charge >= 0.3 is 12.0 Å². The van der Waals surface area contributed by atoms with Crippen LogP contribution < -0.4 is 19.9 Å². The molecule has 16 nitrogen and oxygen atoms in total. The minimum Gasteiger partial charge on any atom is -0.508 e. The van der Waals surface area contributed by atoms with E-state index in [2.05, 4.69) is 27.4 Å². The van der Waals surface area contributed by atoms with Crippen LogP contribution in [0.1, 0.15) is 67.7 Å². The van der Waals surface area contributed by atoms with Crippen molar-refractivity contribution < 1.29 is 47.2 Å². The van der Waals surface area contributed by atoms with Crippen LogP contribution in [0.25, 0.3) is 55.2 Å². The van der Waals surface area contributed by atoms with Crippen molar-refractivity contribution in [1.29, 1.82) is 0 Å². The van der Waals surface area contributed by atoms with Gasteiger partial charge in [-0.3, -0.25) is 19.5 Å². The fourth-order valence-electron chi connectivity index (χ4n) is 12.8. The van der Waals surface area contributed by atoms with Crippen LogP contribution in [0, 0.1) is 24.0 Å². The molecule has 4 aromatic heterocycles. The molecule has 6 aliphatic rings. The summed E-state index contributed by atoms with van der Waals surface area (Å²) in [5, 5.41) is 23.6. The van der Waals surface area contributed by atoms with E-state index in [9.17, 15) is 29.0 Å². The first-order valence-corrected chi connectivity index (χ1v) is 25.4. The van der Waals surface area contributed by atoms with Crippen LogP contribution in [0.3, 0.4) is 0 Å². The summed E-state index contributed by atoms with van der Waals surface area (Å²) in [6.45, 7) is 7.48. The Labute approximate surface area is 432 Å². The predicted molar refractivity (Wildman–Crippen MR) is 273 cm³/mol. The second-order valence-electron chi connectivity index (χ2n) is 20.9. The molecule has 4 fully saturated rings. The lowest BCUT2D eigenvalue weighted by Crippen LogP contribution is -2.56. The topological polar surface area (TPSA) is 186 Å². The number of rotatable bonds is 10. The summed E-state index contributed by atoms with van der Waals surface area (Å²) in [4.78, 5) is 65.5. The van der Waals surface area contributed by atoms with E-state index in [-0.39, 0.29) is 118 Å². The maximum Gasteiger partial charge on any atom is 0.343 e. The van der Waals surface area contributed by atoms with E-state index >= 15 is 8.78 Å². The summed E-state index contributed by atoms with van der Waals surface area (Å²) in [6, 6.07) is 13.6. The number of carbonyl (C=O) groups excluding carboxylic acids is 2. The number of anilines is 1. The number of esters is 1. The number of benzene rings is 3. The number of fused-ring (bicyclic) bond motifs is 10. The average molecular weight is 1030 g/mol. The van der Waals surface area contributed by atoms with Crippen LogP contribution in [0.5, 0.6) is 17.5 Å². The second kappa shape index (κ2) is 17.5. The molecule has 19 heteroatoms. The van der Waals surface area contributed by atoms with E-state index in [0.717, 1.165) is 30.3 Å². The zero-order valence-corrected chi connectivity index (χ0v) is 41.2. The summed E-state index contributed by atoms with van der Waals surface area (Å²) in [5.74, 6) is 0.335. The number of terminal acetylenes is 1. The van der Waals surface area contributed by atoms with Crippen LogP contribution in [0.4, 0.5) is 19.0 Å². The Morgan fingerprint density at radius 3 is 2.61 bits per heavy atom. The number of pyridine rings is 3. The number of aliphatic hydroxyl groups is 1. The molecule has 0 saturated carbocycles. The molecule has 4 saturated heterocycles. The fraction of sp³-hybridized carbons (Fsp3) is 0.351. The standard InChI is InChI=1S/C57H49F3N8O8/c1-4-38-43(59)11-7-30-16-36(69)18-39(46(30)38)49-47(60)50-40(21-61-49)51(64-55(63-50)76-28-56-13-6-14-66(56)23-33(58)20-56)65-24-34-8-9-35(25-65)68(34)52(70)29(3)26-74-37-10-12-44-31(17-37)15-32-22-67-45(48(32)62-44)19-42-41(53(67)71)27-75-54(72)57(42,73)5-2/h1,7,10-12,15-19,21,33-35,69,73H,3,5-6,8-9,13-14,20,22-28H2,2H3. The smallest absolute Gasteiger partial charge is 0.343 e. The lowest BCUT2D eigenvalue weighted by molar-refractivity contribution is -0.172. The molecule has 0 radical (unpaired) electrons. The molecule has 76 heavy (non-hydrogen) atoms. The molecule has 5 unspecified atom stereocenters. The first kappa shape index (κ1) is 47.6. The number of cyclic esters (lactones) is 1. The van der Waals surface area contributed by atoms with Gasteiger partial charge in [-0.15, -0.1) is 6.42 Å². The molecule has 2 N–H and O–H groups in total. The number of nitrogens with zero attached hydrogens (tertiary/aromatic N) is 8. The van der Waals surface area contributed by atoms with Crippen molar-refractivity contribution >= 4 is 50.3 Å². The maximum absolute atomic E-state index is 17.4. The number of aromatic nitrogens is 5. The average Bonchev–Trinajstić information content (AvgIpc) is 4.16. The lowest BCUT2D eigenvalue weighted by atomic mass is 9.86. The number of hydrogen-bond donors (Lipinski definition) is 2. The normalized spacial score (nSPS) is 23.4. The molecule has 13 rings (SSSR count). The summed E-state index contributed by atoms with van der Waals surface area (Å²) in [6.07, 6.45) is 9.50. The van der Waals surface area contributed by atoms with Gasteiger partial charge in [-0.25, -0.2) is 22.9 Å². The van der Waals surface area contributed by atoms with Gasteiger partial charge in [0.2, 0.25) is 0 Å². The Bertz CT molecular complexity index is 3810. The van der Waals surface area contributed by atoms with Gasteiger partial charge in [-0.2, -0.15) is 9.97 Å². The van der Waals surface area contributed by atoms with Gasteiger partial charge in [-0.05, 0) is 92.6 Å². The molecule has 386 valence electrons. The number of amides is 1. The van der Waals surface area contributed by atoms with Crippen LogP contribution in [0.2, 0.25) is 0 Å². The van der Waals surface area contributed by atoms with Gasteiger partial charge in [-0.1, -0.05) is 25.5 Å². The number of phenolic OH excluding ortho intramolecular Hbond substituents is 1. The van der Waals surface area contributed by atoms with Gasteiger partial charge in [0.15, 0.2) is 11.4 Å². The third kappa shape index (κ3) is 7.31. The molecule has 6 aliphatic heterocycles. The summed E-state index contributed by atoms with van der Waals surface area (Å²) in [7, 11) is 0. The summed E-state index contributed by atoms with van der Waals surface area (Å²) >= 11 is 0. The molecular formula is C57H49F3N8O8. The number of carbonyl (C=O) groups is 2. The van der Waals surface area contributed by atoms with Crippen LogP contribution in [0.15, 0.2) is 77.7 Å². The number of ether oxygens (including phenoxy) is 3. The zero-order chi connectivity index (χ0) is 52.5. The number of hydrogen-bond acceptors (Lipinski definition) is 14. The van der Waals surface area contributed by atoms with E-state index in [1.165, 1.54) is 30.5 Å². The van der Waals surface area contributed by atoms with Crippen molar-refractivity contribution in [3.05, 3.63) is 117 Å². The minimum absolute atomic E-state index is 0.0382. The van der Waals surface area contributed by atoms with Gasteiger partial charge < -0.3 is 38.8 Å². The Balaban J connectivity index is 0.758. The Hall–Kier alpha value is -8.08. The SMILES string of the molecule is C#Cc1c(F)ccc2cc(O)cc(-c3ncc4c(N5CC6CCC(C5)N6C(=O)C(=C)COc5ccc6nc7c(cc6c5)Cn5c-7cc6c(c5=O)COC(=O)C6(O)CC)nc(OCC56CCCN5CC(F)C6)nc4c3F)c12. The number of aromatic hydroxyl groups is 1. The van der Waals surface area contributed by atoms with Gasteiger partial charge in [0, 0.05) is 65.3 Å². The molecule has 0 aliphatic carbocycles. The highest BCUT2D eigenvalue weighted by Crippen LogP contribution is 2.44.